The summed E-state index contributed by atoms with van der Waals surface area (Å²) in [4.78, 5) is 20.7. The van der Waals surface area contributed by atoms with Crippen molar-refractivity contribution in [2.75, 3.05) is 30.5 Å². The number of unbranched alkanes of at least 4 members (excludes halogenated alkanes) is 1. The molecule has 1 rings (SSSR count). The number of nitrogen functional groups attached to an aromatic ring is 1. The molecule has 1 aromatic heterocycles. The first-order valence-corrected chi connectivity index (χ1v) is 7.39. The van der Waals surface area contributed by atoms with Crippen LogP contribution in [-0.2, 0) is 0 Å². The van der Waals surface area contributed by atoms with Gasteiger partial charge in [-0.3, -0.25) is 0 Å². The van der Waals surface area contributed by atoms with Crippen molar-refractivity contribution < 1.29 is 0 Å². The monoisotopic (exact) mass is 285 g/mol. The van der Waals surface area contributed by atoms with E-state index < -0.39 is 0 Å². The van der Waals surface area contributed by atoms with Crippen LogP contribution >= 0.6 is 11.8 Å². The van der Waals surface area contributed by atoms with E-state index in [1.165, 1.54) is 11.8 Å². The summed E-state index contributed by atoms with van der Waals surface area (Å²) in [5.74, 6) is 1.54. The van der Waals surface area contributed by atoms with Gasteiger partial charge in [-0.15, -0.1) is 4.91 Å². The molecule has 108 valence electrons. The van der Waals surface area contributed by atoms with Crippen LogP contribution in [0, 0.1) is 4.91 Å². The second-order valence-electron chi connectivity index (χ2n) is 3.75. The van der Waals surface area contributed by atoms with E-state index >= 15 is 0 Å². The van der Waals surface area contributed by atoms with Gasteiger partial charge in [-0.25, -0.2) is 9.97 Å². The Balaban J connectivity index is 0.00000154. The highest BCUT2D eigenvalue weighted by atomic mass is 32.2. The van der Waals surface area contributed by atoms with Crippen molar-refractivity contribution in [1.82, 2.24) is 9.97 Å². The highest BCUT2D eigenvalue weighted by molar-refractivity contribution is 7.99. The van der Waals surface area contributed by atoms with Crippen molar-refractivity contribution in [3.05, 3.63) is 4.91 Å². The van der Waals surface area contributed by atoms with Gasteiger partial charge < -0.3 is 10.6 Å². The topological polar surface area (TPSA) is 84.5 Å². The Morgan fingerprint density at radius 3 is 2.42 bits per heavy atom. The van der Waals surface area contributed by atoms with Gasteiger partial charge in [-0.1, -0.05) is 39.0 Å². The Bertz CT molecular complexity index is 398. The van der Waals surface area contributed by atoms with Gasteiger partial charge in [0.25, 0.3) is 0 Å². The molecule has 0 atom stereocenters. The highest BCUT2D eigenvalue weighted by Gasteiger charge is 2.14. The van der Waals surface area contributed by atoms with Crippen molar-refractivity contribution in [2.24, 2.45) is 5.18 Å². The molecule has 0 saturated carbocycles. The number of aromatic nitrogens is 2. The minimum Gasteiger partial charge on any atom is -0.382 e. The van der Waals surface area contributed by atoms with E-state index in [0.29, 0.717) is 11.0 Å². The molecule has 0 fully saturated rings. The first-order valence-electron chi connectivity index (χ1n) is 6.41. The number of nitroso groups, excluding NO2 is 1. The van der Waals surface area contributed by atoms with Crippen LogP contribution in [0.4, 0.5) is 17.3 Å². The van der Waals surface area contributed by atoms with Gasteiger partial charge in [-0.2, -0.15) is 0 Å². The molecule has 0 bridgehead atoms. The van der Waals surface area contributed by atoms with Crippen molar-refractivity contribution in [1.29, 1.82) is 0 Å². The fourth-order valence-corrected chi connectivity index (χ4v) is 2.14. The van der Waals surface area contributed by atoms with Gasteiger partial charge in [0, 0.05) is 19.8 Å². The summed E-state index contributed by atoms with van der Waals surface area (Å²) in [5, 5.41) is 3.47. The van der Waals surface area contributed by atoms with E-state index in [1.807, 2.05) is 13.8 Å². The minimum atomic E-state index is 0.106. The van der Waals surface area contributed by atoms with Crippen molar-refractivity contribution in [3.8, 4) is 0 Å². The molecule has 0 aliphatic heterocycles. The fourth-order valence-electron chi connectivity index (χ4n) is 1.21. The van der Waals surface area contributed by atoms with Gasteiger partial charge in [0.15, 0.2) is 22.5 Å². The second-order valence-corrected chi connectivity index (χ2v) is 4.81. The number of nitrogens with two attached hydrogens (primary N) is 1. The summed E-state index contributed by atoms with van der Waals surface area (Å²) in [6.45, 7) is 6.13. The zero-order chi connectivity index (χ0) is 14.8. The fraction of sp³-hybridized carbons (Fsp3) is 0.667. The normalized spacial score (nSPS) is 9.53. The maximum absolute atomic E-state index is 10.7. The Morgan fingerprint density at radius 1 is 1.32 bits per heavy atom. The van der Waals surface area contributed by atoms with Gasteiger partial charge in [0.1, 0.15) is 0 Å². The largest absolute Gasteiger partial charge is 0.382 e. The zero-order valence-electron chi connectivity index (χ0n) is 12.3. The number of hydrogen-bond donors (Lipinski definition) is 1. The molecular formula is C12H23N5OS. The van der Waals surface area contributed by atoms with Gasteiger partial charge in [0.05, 0.1) is 0 Å². The molecule has 6 nitrogen and oxygen atoms in total. The van der Waals surface area contributed by atoms with Crippen LogP contribution in [0.3, 0.4) is 0 Å². The number of thioether (sulfide) groups is 1. The summed E-state index contributed by atoms with van der Waals surface area (Å²) in [7, 11) is 3.58. The second kappa shape index (κ2) is 9.55. The number of rotatable bonds is 6. The highest BCUT2D eigenvalue weighted by Crippen LogP contribution is 2.32. The average Bonchev–Trinajstić information content (AvgIpc) is 2.40. The van der Waals surface area contributed by atoms with Crippen LogP contribution in [0.5, 0.6) is 0 Å². The lowest BCUT2D eigenvalue weighted by Gasteiger charge is -2.14. The molecule has 0 saturated heterocycles. The summed E-state index contributed by atoms with van der Waals surface area (Å²) >= 11 is 1.54. The third-order valence-corrected chi connectivity index (χ3v) is 3.05. The standard InChI is InChI=1S/C10H17N5OS.C2H6/c1-4-5-6-17-10-12-8(11)7(14-16)9(13-10)15(2)3;1-2/h4-6H2,1-3H3,(H2,11,12,13);1-2H3. The van der Waals surface area contributed by atoms with Crippen molar-refractivity contribution in [2.45, 2.75) is 38.8 Å². The Morgan fingerprint density at radius 2 is 1.95 bits per heavy atom. The lowest BCUT2D eigenvalue weighted by Crippen LogP contribution is -2.13. The summed E-state index contributed by atoms with van der Waals surface area (Å²) < 4.78 is 0. The van der Waals surface area contributed by atoms with E-state index in [9.17, 15) is 4.91 Å². The molecule has 0 unspecified atom stereocenters. The van der Waals surface area contributed by atoms with Crippen molar-refractivity contribution in [3.63, 3.8) is 0 Å². The van der Waals surface area contributed by atoms with E-state index in [4.69, 9.17) is 5.73 Å². The van der Waals surface area contributed by atoms with Crippen molar-refractivity contribution >= 4 is 29.1 Å². The van der Waals surface area contributed by atoms with E-state index in [-0.39, 0.29) is 11.5 Å². The molecule has 2 N–H and O–H groups in total. The Kier molecular flexibility index (Phi) is 8.86. The maximum Gasteiger partial charge on any atom is 0.192 e. The SMILES string of the molecule is CC.CCCCSc1nc(N)c(N=O)c(N(C)C)n1. The van der Waals surface area contributed by atoms with E-state index in [1.54, 1.807) is 19.0 Å². The van der Waals surface area contributed by atoms with Crippen LogP contribution in [0.2, 0.25) is 0 Å². The molecule has 0 amide bonds. The molecule has 7 heteroatoms. The molecule has 1 heterocycles. The van der Waals surface area contributed by atoms with Gasteiger partial charge in [0.2, 0.25) is 0 Å². The third-order valence-electron chi connectivity index (χ3n) is 2.12. The molecule has 19 heavy (non-hydrogen) atoms. The molecule has 0 spiro atoms. The molecule has 0 aliphatic rings. The Hall–Kier alpha value is -1.37. The summed E-state index contributed by atoms with van der Waals surface area (Å²) in [6, 6.07) is 0. The molecule has 1 aromatic rings. The van der Waals surface area contributed by atoms with Crippen LogP contribution in [-0.4, -0.2) is 29.8 Å². The van der Waals surface area contributed by atoms with E-state index in [0.717, 1.165) is 18.6 Å². The summed E-state index contributed by atoms with van der Waals surface area (Å²) in [5.41, 5.74) is 5.80. The predicted molar refractivity (Wildman–Crippen MR) is 83.2 cm³/mol. The van der Waals surface area contributed by atoms with Crippen LogP contribution in [0.15, 0.2) is 10.3 Å². The molecule has 0 aliphatic carbocycles. The number of hydrogen-bond acceptors (Lipinski definition) is 7. The lowest BCUT2D eigenvalue weighted by molar-refractivity contribution is 0.885. The van der Waals surface area contributed by atoms with Crippen LogP contribution < -0.4 is 10.6 Å². The minimum absolute atomic E-state index is 0.106. The van der Waals surface area contributed by atoms with E-state index in [2.05, 4.69) is 22.1 Å². The van der Waals surface area contributed by atoms with Crippen LogP contribution in [0.1, 0.15) is 33.6 Å². The van der Waals surface area contributed by atoms with Gasteiger partial charge in [-0.05, 0) is 11.6 Å². The molecule has 0 radical (unpaired) electrons. The number of anilines is 2. The van der Waals surface area contributed by atoms with Gasteiger partial charge >= 0.3 is 0 Å². The maximum atomic E-state index is 10.7. The summed E-state index contributed by atoms with van der Waals surface area (Å²) in [6.07, 6.45) is 2.22. The average molecular weight is 285 g/mol. The third kappa shape index (κ3) is 5.42. The zero-order valence-corrected chi connectivity index (χ0v) is 13.1. The quantitative estimate of drug-likeness (QED) is 0.373. The lowest BCUT2D eigenvalue weighted by atomic mass is 10.4. The molecular weight excluding hydrogens is 262 g/mol. The smallest absolute Gasteiger partial charge is 0.192 e. The Labute approximate surface area is 119 Å². The van der Waals surface area contributed by atoms with Crippen LogP contribution in [0.25, 0.3) is 0 Å². The first kappa shape index (κ1) is 17.6. The molecule has 0 aromatic carbocycles. The predicted octanol–water partition coefficient (Wildman–Crippen LogP) is 3.44. The first-order chi connectivity index (χ1) is 9.10. The number of nitrogens with zero attached hydrogens (tertiary/aromatic N) is 4.